The highest BCUT2D eigenvalue weighted by Gasteiger charge is 2.47. The van der Waals surface area contributed by atoms with E-state index < -0.39 is 36.6 Å². The van der Waals surface area contributed by atoms with Gasteiger partial charge in [-0.25, -0.2) is 9.78 Å². The highest BCUT2D eigenvalue weighted by atomic mass is 35.5. The van der Waals surface area contributed by atoms with Crippen molar-refractivity contribution in [3.8, 4) is 5.69 Å². The number of nitrogens with zero attached hydrogens (tertiary/aromatic N) is 3. The molecule has 1 amide bonds. The number of rotatable bonds is 2. The van der Waals surface area contributed by atoms with Gasteiger partial charge in [-0.3, -0.25) is 14.3 Å². The molecule has 0 spiro atoms. The summed E-state index contributed by atoms with van der Waals surface area (Å²) in [4.78, 5) is 32.5. The summed E-state index contributed by atoms with van der Waals surface area (Å²) >= 11 is 6.32. The molecule has 1 N–H and O–H groups in total. The molecule has 0 aliphatic carbocycles. The number of aromatic amines is 1. The first kappa shape index (κ1) is 24.1. The highest BCUT2D eigenvalue weighted by molar-refractivity contribution is 6.31. The zero-order valence-electron chi connectivity index (χ0n) is 18.5. The molecule has 1 aromatic carbocycles. The SMILES string of the molecule is CC(C)(C)OC(=O)N1C[C@H](C(F)(F)F)OC[C@H]1c1ccc(-n2c(Cl)cc3c(=O)[nH]cnc32)cc1. The fraction of sp³-hybridized carbons (Fsp3) is 0.409. The second kappa shape index (κ2) is 8.62. The number of aromatic nitrogens is 3. The quantitative estimate of drug-likeness (QED) is 0.557. The molecule has 0 bridgehead atoms. The average Bonchev–Trinajstić information content (AvgIpc) is 3.09. The van der Waals surface area contributed by atoms with Gasteiger partial charge < -0.3 is 14.5 Å². The van der Waals surface area contributed by atoms with Crippen molar-refractivity contribution >= 4 is 28.7 Å². The molecule has 1 aliphatic rings. The fourth-order valence-electron chi connectivity index (χ4n) is 3.74. The van der Waals surface area contributed by atoms with Gasteiger partial charge in [-0.05, 0) is 44.5 Å². The number of halogens is 4. The monoisotopic (exact) mass is 498 g/mol. The third-order valence-corrected chi connectivity index (χ3v) is 5.56. The molecule has 0 radical (unpaired) electrons. The Morgan fingerprint density at radius 3 is 2.53 bits per heavy atom. The van der Waals surface area contributed by atoms with Crippen molar-refractivity contribution in [2.24, 2.45) is 0 Å². The second-order valence-electron chi connectivity index (χ2n) is 8.88. The van der Waals surface area contributed by atoms with Crippen LogP contribution in [-0.4, -0.2) is 56.6 Å². The summed E-state index contributed by atoms with van der Waals surface area (Å²) in [5.74, 6) is 0. The zero-order chi connectivity index (χ0) is 24.8. The van der Waals surface area contributed by atoms with Crippen LogP contribution in [0.25, 0.3) is 16.7 Å². The second-order valence-corrected chi connectivity index (χ2v) is 9.26. The number of amides is 1. The Morgan fingerprint density at radius 1 is 1.24 bits per heavy atom. The van der Waals surface area contributed by atoms with Crippen molar-refractivity contribution < 1.29 is 27.4 Å². The Hall–Kier alpha value is -3.05. The average molecular weight is 499 g/mol. The Morgan fingerprint density at radius 2 is 1.91 bits per heavy atom. The number of alkyl halides is 3. The molecular weight excluding hydrogens is 477 g/mol. The number of fused-ring (bicyclic) bond motifs is 1. The van der Waals surface area contributed by atoms with E-state index in [0.29, 0.717) is 22.3 Å². The molecule has 1 fully saturated rings. The molecule has 1 aliphatic heterocycles. The molecule has 1 saturated heterocycles. The van der Waals surface area contributed by atoms with E-state index in [4.69, 9.17) is 21.1 Å². The topological polar surface area (TPSA) is 89.5 Å². The number of H-pyrrole nitrogens is 1. The Labute approximate surface area is 197 Å². The minimum absolute atomic E-state index is 0.261. The third kappa shape index (κ3) is 4.76. The third-order valence-electron chi connectivity index (χ3n) is 5.28. The maximum absolute atomic E-state index is 13.3. The predicted molar refractivity (Wildman–Crippen MR) is 118 cm³/mol. The maximum Gasteiger partial charge on any atom is 0.416 e. The van der Waals surface area contributed by atoms with E-state index in [1.165, 1.54) is 12.4 Å². The summed E-state index contributed by atoms with van der Waals surface area (Å²) in [5.41, 5.74) is 0.262. The number of carbonyl (C=O) groups excluding carboxylic acids is 1. The first-order valence-corrected chi connectivity index (χ1v) is 10.8. The highest BCUT2D eigenvalue weighted by Crippen LogP contribution is 2.34. The predicted octanol–water partition coefficient (Wildman–Crippen LogP) is 4.61. The van der Waals surface area contributed by atoms with Crippen molar-refractivity contribution in [2.75, 3.05) is 13.2 Å². The lowest BCUT2D eigenvalue weighted by molar-refractivity contribution is -0.242. The lowest BCUT2D eigenvalue weighted by Crippen LogP contribution is -2.53. The van der Waals surface area contributed by atoms with Gasteiger partial charge in [0.25, 0.3) is 5.56 Å². The van der Waals surface area contributed by atoms with Crippen molar-refractivity contribution in [1.29, 1.82) is 0 Å². The Bertz CT molecular complexity index is 1260. The number of ether oxygens (including phenoxy) is 2. The fourth-order valence-corrected chi connectivity index (χ4v) is 4.02. The normalized spacial score (nSPS) is 19.4. The van der Waals surface area contributed by atoms with Gasteiger partial charge in [-0.15, -0.1) is 0 Å². The van der Waals surface area contributed by atoms with Gasteiger partial charge >= 0.3 is 12.3 Å². The first-order valence-electron chi connectivity index (χ1n) is 10.4. The van der Waals surface area contributed by atoms with Crippen molar-refractivity contribution in [1.82, 2.24) is 19.4 Å². The van der Waals surface area contributed by atoms with Gasteiger partial charge in [0.05, 0.1) is 30.9 Å². The molecule has 12 heteroatoms. The smallest absolute Gasteiger partial charge is 0.416 e. The summed E-state index contributed by atoms with van der Waals surface area (Å²) < 4.78 is 51.9. The van der Waals surface area contributed by atoms with E-state index in [0.717, 1.165) is 4.90 Å². The molecule has 0 saturated carbocycles. The van der Waals surface area contributed by atoms with Gasteiger partial charge in [-0.1, -0.05) is 23.7 Å². The van der Waals surface area contributed by atoms with E-state index in [1.807, 2.05) is 0 Å². The van der Waals surface area contributed by atoms with Crippen LogP contribution in [0.5, 0.6) is 0 Å². The number of carbonyl (C=O) groups is 1. The van der Waals surface area contributed by atoms with E-state index in [9.17, 15) is 22.8 Å². The molecule has 2 aromatic heterocycles. The molecule has 4 rings (SSSR count). The first-order chi connectivity index (χ1) is 15.8. The maximum atomic E-state index is 13.3. The van der Waals surface area contributed by atoms with Crippen molar-refractivity contribution in [3.63, 3.8) is 0 Å². The molecule has 0 unspecified atom stereocenters. The Balaban J connectivity index is 1.66. The molecule has 2 atom stereocenters. The summed E-state index contributed by atoms with van der Waals surface area (Å²) in [5, 5.41) is 0.572. The number of benzene rings is 1. The lowest BCUT2D eigenvalue weighted by atomic mass is 10.0. The van der Waals surface area contributed by atoms with Crippen molar-refractivity contribution in [2.45, 2.75) is 44.7 Å². The van der Waals surface area contributed by atoms with Crippen LogP contribution in [0, 0.1) is 0 Å². The molecule has 182 valence electrons. The van der Waals surface area contributed by atoms with Crippen LogP contribution in [0.3, 0.4) is 0 Å². The number of hydrogen-bond acceptors (Lipinski definition) is 5. The minimum atomic E-state index is -4.62. The number of morpholine rings is 1. The van der Waals surface area contributed by atoms with Crippen molar-refractivity contribution in [3.05, 3.63) is 57.7 Å². The van der Waals surface area contributed by atoms with Crippen LogP contribution in [0.2, 0.25) is 5.15 Å². The van der Waals surface area contributed by atoms with E-state index in [2.05, 4.69) is 9.97 Å². The van der Waals surface area contributed by atoms with E-state index >= 15 is 0 Å². The van der Waals surface area contributed by atoms with Crippen LogP contribution in [-0.2, 0) is 9.47 Å². The zero-order valence-corrected chi connectivity index (χ0v) is 19.3. The van der Waals surface area contributed by atoms with Gasteiger partial charge in [0.1, 0.15) is 10.8 Å². The van der Waals surface area contributed by atoms with E-state index in [1.54, 1.807) is 49.6 Å². The minimum Gasteiger partial charge on any atom is -0.444 e. The largest absolute Gasteiger partial charge is 0.444 e. The van der Waals surface area contributed by atoms with Crippen LogP contribution < -0.4 is 5.56 Å². The summed E-state index contributed by atoms with van der Waals surface area (Å²) in [7, 11) is 0. The molecule has 8 nitrogen and oxygen atoms in total. The summed E-state index contributed by atoms with van der Waals surface area (Å²) in [6, 6.07) is 7.36. The van der Waals surface area contributed by atoms with Gasteiger partial charge in [0.2, 0.25) is 0 Å². The van der Waals surface area contributed by atoms with Crippen LogP contribution in [0.4, 0.5) is 18.0 Å². The number of nitrogens with one attached hydrogen (secondary N) is 1. The molecule has 3 aromatic rings. The standard InChI is InChI=1S/C22H22ClF3N4O4/c1-21(2,3)34-20(32)29-9-16(22(24,25)26)33-10-15(29)12-4-6-13(7-5-12)30-17(23)8-14-18(30)27-11-28-19(14)31/h4-8,11,15-16H,9-10H2,1-3H3,(H,27,28,31)/t15-,16+/m0/s1. The van der Waals surface area contributed by atoms with Gasteiger partial charge in [0.15, 0.2) is 11.8 Å². The summed E-state index contributed by atoms with van der Waals surface area (Å²) in [6.07, 6.45) is -6.32. The van der Waals surface area contributed by atoms with Crippen LogP contribution in [0.15, 0.2) is 41.5 Å². The van der Waals surface area contributed by atoms with Crippen LogP contribution >= 0.6 is 11.6 Å². The number of hydrogen-bond donors (Lipinski definition) is 1. The lowest BCUT2D eigenvalue weighted by Gasteiger charge is -2.40. The van der Waals surface area contributed by atoms with E-state index in [-0.39, 0.29) is 17.3 Å². The Kier molecular flexibility index (Phi) is 6.11. The molecular formula is C22H22ClF3N4O4. The van der Waals surface area contributed by atoms with Gasteiger partial charge in [-0.2, -0.15) is 13.2 Å². The van der Waals surface area contributed by atoms with Crippen LogP contribution in [0.1, 0.15) is 32.4 Å². The molecule has 34 heavy (non-hydrogen) atoms. The van der Waals surface area contributed by atoms with Gasteiger partial charge in [0, 0.05) is 5.69 Å². The summed E-state index contributed by atoms with van der Waals surface area (Å²) in [6.45, 7) is 3.88. The molecule has 3 heterocycles.